The van der Waals surface area contributed by atoms with E-state index in [4.69, 9.17) is 0 Å². The van der Waals surface area contributed by atoms with Crippen molar-refractivity contribution in [2.45, 2.75) is 0 Å². The van der Waals surface area contributed by atoms with E-state index < -0.39 is 11.4 Å². The van der Waals surface area contributed by atoms with Crippen LogP contribution in [0.1, 0.15) is 5.56 Å². The number of carboxylic acid groups (broad SMARTS) is 1. The number of para-hydroxylation sites is 1. The van der Waals surface area contributed by atoms with Crippen molar-refractivity contribution < 1.29 is 9.90 Å². The molecule has 5 nitrogen and oxygen atoms in total. The van der Waals surface area contributed by atoms with Crippen LogP contribution in [0.15, 0.2) is 34.4 Å². The van der Waals surface area contributed by atoms with Gasteiger partial charge in [-0.05, 0) is 6.07 Å². The van der Waals surface area contributed by atoms with Gasteiger partial charge in [0.25, 0.3) is 0 Å². The second-order valence-corrected chi connectivity index (χ2v) is 3.85. The van der Waals surface area contributed by atoms with Gasteiger partial charge in [0.05, 0.1) is 17.9 Å². The van der Waals surface area contributed by atoms with Crippen molar-refractivity contribution in [2.24, 2.45) is 15.5 Å². The first-order valence-electron chi connectivity index (χ1n) is 4.93. The van der Waals surface area contributed by atoms with E-state index in [1.165, 1.54) is 6.21 Å². The molecule has 0 spiro atoms. The maximum absolute atomic E-state index is 11.4. The number of nitrogens with one attached hydrogen (secondary N) is 1. The van der Waals surface area contributed by atoms with Gasteiger partial charge in [0.1, 0.15) is 0 Å². The van der Waals surface area contributed by atoms with E-state index in [1.807, 2.05) is 24.3 Å². The summed E-state index contributed by atoms with van der Waals surface area (Å²) in [5.74, 6) is -0.922. The molecular formula is C11H9N3O2. The summed E-state index contributed by atoms with van der Waals surface area (Å²) in [6.45, 7) is 0.259. The lowest BCUT2D eigenvalue weighted by atomic mass is 9.79. The predicted molar refractivity (Wildman–Crippen MR) is 59.2 cm³/mol. The van der Waals surface area contributed by atoms with E-state index in [0.717, 1.165) is 11.3 Å². The Bertz CT molecular complexity index is 536. The maximum atomic E-state index is 11.4. The number of hydrazone groups is 1. The second kappa shape index (κ2) is 2.91. The maximum Gasteiger partial charge on any atom is 0.323 e. The first-order chi connectivity index (χ1) is 7.74. The van der Waals surface area contributed by atoms with Crippen LogP contribution in [0.25, 0.3) is 0 Å². The van der Waals surface area contributed by atoms with Gasteiger partial charge in [0.15, 0.2) is 5.41 Å². The largest absolute Gasteiger partial charge is 0.480 e. The lowest BCUT2D eigenvalue weighted by molar-refractivity contribution is -0.141. The van der Waals surface area contributed by atoms with Gasteiger partial charge in [-0.25, -0.2) is 0 Å². The van der Waals surface area contributed by atoms with Gasteiger partial charge in [0.2, 0.25) is 0 Å². The topological polar surface area (TPSA) is 74.0 Å². The number of carbonyl (C=O) groups is 1. The highest BCUT2D eigenvalue weighted by atomic mass is 16.4. The number of hydrogen-bond donors (Lipinski definition) is 2. The monoisotopic (exact) mass is 215 g/mol. The summed E-state index contributed by atoms with van der Waals surface area (Å²) in [7, 11) is 0. The van der Waals surface area contributed by atoms with Crippen LogP contribution in [0, 0.1) is 5.41 Å². The Morgan fingerprint density at radius 3 is 3.06 bits per heavy atom. The summed E-state index contributed by atoms with van der Waals surface area (Å²) >= 11 is 0. The molecule has 0 aliphatic carbocycles. The zero-order chi connectivity index (χ0) is 11.2. The van der Waals surface area contributed by atoms with Crippen molar-refractivity contribution in [2.75, 3.05) is 6.54 Å². The van der Waals surface area contributed by atoms with Gasteiger partial charge in [-0.2, -0.15) is 5.10 Å². The fourth-order valence-corrected chi connectivity index (χ4v) is 2.03. The number of aliphatic imine (C=N–C) groups is 1. The molecule has 0 amide bonds. The summed E-state index contributed by atoms with van der Waals surface area (Å²) < 4.78 is 0. The van der Waals surface area contributed by atoms with E-state index in [1.54, 1.807) is 0 Å². The molecule has 1 unspecified atom stereocenters. The second-order valence-electron chi connectivity index (χ2n) is 3.85. The normalized spacial score (nSPS) is 25.4. The average Bonchev–Trinajstić information content (AvgIpc) is 2.74. The van der Waals surface area contributed by atoms with Gasteiger partial charge in [-0.3, -0.25) is 9.79 Å². The third-order valence-electron chi connectivity index (χ3n) is 2.94. The first-order valence-corrected chi connectivity index (χ1v) is 4.93. The predicted octanol–water partition coefficient (Wildman–Crippen LogP) is 0.781. The minimum absolute atomic E-state index is 0.259. The molecule has 3 rings (SSSR count). The average molecular weight is 215 g/mol. The molecule has 0 fully saturated rings. The number of rotatable bonds is 1. The summed E-state index contributed by atoms with van der Waals surface area (Å²) in [6, 6.07) is 7.41. The molecule has 16 heavy (non-hydrogen) atoms. The summed E-state index contributed by atoms with van der Waals surface area (Å²) in [5.41, 5.74) is 3.74. The molecule has 5 heteroatoms. The molecule has 1 aromatic carbocycles. The van der Waals surface area contributed by atoms with Gasteiger partial charge >= 0.3 is 5.97 Å². The Labute approximate surface area is 91.5 Å². The van der Waals surface area contributed by atoms with E-state index in [9.17, 15) is 9.90 Å². The van der Waals surface area contributed by atoms with Crippen molar-refractivity contribution in [1.82, 2.24) is 5.43 Å². The zero-order valence-electron chi connectivity index (χ0n) is 8.34. The van der Waals surface area contributed by atoms with E-state index in [2.05, 4.69) is 15.5 Å². The Morgan fingerprint density at radius 2 is 2.25 bits per heavy atom. The molecule has 0 saturated carbocycles. The van der Waals surface area contributed by atoms with E-state index >= 15 is 0 Å². The quantitative estimate of drug-likeness (QED) is 0.727. The molecule has 0 radical (unpaired) electrons. The van der Waals surface area contributed by atoms with Crippen molar-refractivity contribution in [3.8, 4) is 0 Å². The highest BCUT2D eigenvalue weighted by Gasteiger charge is 2.48. The molecule has 1 aromatic rings. The summed E-state index contributed by atoms with van der Waals surface area (Å²) in [5, 5.41) is 13.4. The van der Waals surface area contributed by atoms with Crippen molar-refractivity contribution in [3.63, 3.8) is 0 Å². The molecule has 80 valence electrons. The molecule has 0 saturated heterocycles. The van der Waals surface area contributed by atoms with Gasteiger partial charge in [-0.15, -0.1) is 0 Å². The third-order valence-corrected chi connectivity index (χ3v) is 2.94. The minimum Gasteiger partial charge on any atom is -0.480 e. The molecular weight excluding hydrogens is 206 g/mol. The minimum atomic E-state index is -1.10. The van der Waals surface area contributed by atoms with Crippen LogP contribution in [0.3, 0.4) is 0 Å². The number of hydrogen-bond acceptors (Lipinski definition) is 4. The van der Waals surface area contributed by atoms with Gasteiger partial charge in [-0.1, -0.05) is 18.2 Å². The summed E-state index contributed by atoms with van der Waals surface area (Å²) in [6.07, 6.45) is 1.47. The van der Waals surface area contributed by atoms with Crippen LogP contribution in [0.2, 0.25) is 0 Å². The Morgan fingerprint density at radius 1 is 1.44 bits per heavy atom. The standard InChI is InChI=1S/C11H9N3O2/c15-10(16)11-5-12-8-4-2-1-3-7(8)9(11)14-13-6-11/h1-5,13H,6H2,(H,15,16). The van der Waals surface area contributed by atoms with Crippen LogP contribution in [-0.4, -0.2) is 29.5 Å². The molecule has 0 bridgehead atoms. The third kappa shape index (κ3) is 0.970. The van der Waals surface area contributed by atoms with Crippen LogP contribution in [0.5, 0.6) is 0 Å². The number of carboxylic acids is 1. The van der Waals surface area contributed by atoms with Crippen LogP contribution in [0.4, 0.5) is 5.69 Å². The Balaban J connectivity index is 2.25. The number of benzene rings is 1. The van der Waals surface area contributed by atoms with Crippen LogP contribution in [-0.2, 0) is 4.79 Å². The summed E-state index contributed by atoms with van der Waals surface area (Å²) in [4.78, 5) is 15.6. The Kier molecular flexibility index (Phi) is 1.65. The van der Waals surface area contributed by atoms with Gasteiger partial charge in [0, 0.05) is 11.8 Å². The number of nitrogens with zero attached hydrogens (tertiary/aromatic N) is 2. The molecule has 1 atom stereocenters. The number of aliphatic carboxylic acids is 1. The zero-order valence-corrected chi connectivity index (χ0v) is 8.34. The van der Waals surface area contributed by atoms with Crippen molar-refractivity contribution >= 4 is 23.6 Å². The van der Waals surface area contributed by atoms with E-state index in [-0.39, 0.29) is 6.54 Å². The highest BCUT2D eigenvalue weighted by Crippen LogP contribution is 2.35. The molecule has 2 N–H and O–H groups in total. The fraction of sp³-hybridized carbons (Fsp3) is 0.182. The molecule has 2 aliphatic rings. The van der Waals surface area contributed by atoms with Crippen LogP contribution < -0.4 is 5.43 Å². The van der Waals surface area contributed by atoms with Crippen LogP contribution >= 0.6 is 0 Å². The Hall–Kier alpha value is -2.17. The van der Waals surface area contributed by atoms with Crippen molar-refractivity contribution in [3.05, 3.63) is 29.8 Å². The van der Waals surface area contributed by atoms with Crippen molar-refractivity contribution in [1.29, 1.82) is 0 Å². The fourth-order valence-electron chi connectivity index (χ4n) is 2.03. The van der Waals surface area contributed by atoms with Gasteiger partial charge < -0.3 is 10.5 Å². The molecule has 2 heterocycles. The number of fused-ring (bicyclic) bond motifs is 3. The lowest BCUT2D eigenvalue weighted by Gasteiger charge is -2.24. The molecule has 2 aliphatic heterocycles. The first kappa shape index (κ1) is 9.08. The lowest BCUT2D eigenvalue weighted by Crippen LogP contribution is -2.44. The van der Waals surface area contributed by atoms with E-state index in [0.29, 0.717) is 5.71 Å². The highest BCUT2D eigenvalue weighted by molar-refractivity contribution is 6.29. The molecule has 0 aromatic heterocycles. The smallest absolute Gasteiger partial charge is 0.323 e. The SMILES string of the molecule is O=C(O)C12C=Nc3ccccc3C1=NNC2.